The lowest BCUT2D eigenvalue weighted by Gasteiger charge is -2.05. The maximum absolute atomic E-state index is 11.9. The Hall–Kier alpha value is -2.49. The molecule has 1 N–H and O–H groups in total. The molecule has 0 aliphatic carbocycles. The molecule has 0 saturated carbocycles. The number of carbonyl (C=O) groups excluding carboxylic acids is 2. The number of aldehydes is 1. The summed E-state index contributed by atoms with van der Waals surface area (Å²) in [6.07, 6.45) is 2.36. The number of amides is 1. The summed E-state index contributed by atoms with van der Waals surface area (Å²) in [4.78, 5) is 26.5. The van der Waals surface area contributed by atoms with E-state index in [-0.39, 0.29) is 5.91 Å². The third-order valence-corrected chi connectivity index (χ3v) is 2.46. The van der Waals surface area contributed by atoms with Crippen LogP contribution in [-0.4, -0.2) is 17.2 Å². The van der Waals surface area contributed by atoms with Crippen molar-refractivity contribution in [1.82, 2.24) is 4.98 Å². The fraction of sp³-hybridized carbons (Fsp3) is 0.0714. The summed E-state index contributed by atoms with van der Waals surface area (Å²) in [5.41, 5.74) is 2.58. The molecule has 0 unspecified atom stereocenters. The molecule has 4 heteroatoms. The molecule has 90 valence electrons. The van der Waals surface area contributed by atoms with Gasteiger partial charge in [0, 0.05) is 28.7 Å². The molecule has 18 heavy (non-hydrogen) atoms. The lowest BCUT2D eigenvalue weighted by atomic mass is 10.2. The van der Waals surface area contributed by atoms with Gasteiger partial charge in [-0.1, -0.05) is 0 Å². The fourth-order valence-corrected chi connectivity index (χ4v) is 1.54. The number of nitrogens with one attached hydrogen (secondary N) is 1. The Kier molecular flexibility index (Phi) is 3.48. The van der Waals surface area contributed by atoms with Gasteiger partial charge in [-0.3, -0.25) is 14.6 Å². The van der Waals surface area contributed by atoms with Crippen LogP contribution in [0.1, 0.15) is 26.4 Å². The maximum Gasteiger partial charge on any atom is 0.255 e. The summed E-state index contributed by atoms with van der Waals surface area (Å²) in [5.74, 6) is -0.195. The number of carbonyl (C=O) groups is 2. The second-order valence-corrected chi connectivity index (χ2v) is 3.88. The monoisotopic (exact) mass is 240 g/mol. The SMILES string of the molecule is Cc1cc(C(=O)Nc2ccc(C=O)cc2)ccn1. The quantitative estimate of drug-likeness (QED) is 0.838. The van der Waals surface area contributed by atoms with Crippen LogP contribution in [-0.2, 0) is 0 Å². The van der Waals surface area contributed by atoms with Crippen molar-refractivity contribution in [2.45, 2.75) is 6.92 Å². The van der Waals surface area contributed by atoms with Crippen molar-refractivity contribution in [1.29, 1.82) is 0 Å². The van der Waals surface area contributed by atoms with Crippen molar-refractivity contribution in [3.05, 3.63) is 59.4 Å². The molecule has 0 atom stereocenters. The van der Waals surface area contributed by atoms with Crippen molar-refractivity contribution in [2.75, 3.05) is 5.32 Å². The fourth-order valence-electron chi connectivity index (χ4n) is 1.54. The molecule has 0 radical (unpaired) electrons. The highest BCUT2D eigenvalue weighted by molar-refractivity contribution is 6.04. The number of benzene rings is 1. The van der Waals surface area contributed by atoms with Crippen LogP contribution in [0.2, 0.25) is 0 Å². The van der Waals surface area contributed by atoms with Gasteiger partial charge < -0.3 is 5.32 Å². The highest BCUT2D eigenvalue weighted by Crippen LogP contribution is 2.10. The lowest BCUT2D eigenvalue weighted by molar-refractivity contribution is 0.102. The van der Waals surface area contributed by atoms with Crippen LogP contribution in [0.25, 0.3) is 0 Å². The van der Waals surface area contributed by atoms with Crippen LogP contribution in [0, 0.1) is 6.92 Å². The van der Waals surface area contributed by atoms with Crippen LogP contribution in [0.5, 0.6) is 0 Å². The Morgan fingerprint density at radius 3 is 2.56 bits per heavy atom. The van der Waals surface area contributed by atoms with Crippen molar-refractivity contribution in [3.8, 4) is 0 Å². The molecule has 0 saturated heterocycles. The first-order chi connectivity index (χ1) is 8.69. The van der Waals surface area contributed by atoms with Gasteiger partial charge in [-0.15, -0.1) is 0 Å². The molecule has 0 aliphatic rings. The molecule has 0 bridgehead atoms. The van der Waals surface area contributed by atoms with Crippen molar-refractivity contribution < 1.29 is 9.59 Å². The van der Waals surface area contributed by atoms with Crippen molar-refractivity contribution in [3.63, 3.8) is 0 Å². The van der Waals surface area contributed by atoms with E-state index in [0.29, 0.717) is 16.8 Å². The predicted octanol–water partition coefficient (Wildman–Crippen LogP) is 2.45. The summed E-state index contributed by atoms with van der Waals surface area (Å²) < 4.78 is 0. The van der Waals surface area contributed by atoms with E-state index in [1.807, 2.05) is 6.92 Å². The van der Waals surface area contributed by atoms with Crippen LogP contribution in [0.15, 0.2) is 42.6 Å². The molecule has 1 heterocycles. The summed E-state index contributed by atoms with van der Waals surface area (Å²) in [7, 11) is 0. The minimum absolute atomic E-state index is 0.195. The standard InChI is InChI=1S/C14H12N2O2/c1-10-8-12(6-7-15-10)14(18)16-13-4-2-11(9-17)3-5-13/h2-9H,1H3,(H,16,18). The van der Waals surface area contributed by atoms with E-state index in [1.165, 1.54) is 0 Å². The number of hydrogen-bond acceptors (Lipinski definition) is 3. The third-order valence-electron chi connectivity index (χ3n) is 2.46. The molecule has 1 aromatic heterocycles. The summed E-state index contributed by atoms with van der Waals surface area (Å²) in [6, 6.07) is 10.1. The molecule has 4 nitrogen and oxygen atoms in total. The first kappa shape index (κ1) is 12.0. The number of aryl methyl sites for hydroxylation is 1. The Morgan fingerprint density at radius 2 is 1.94 bits per heavy atom. The van der Waals surface area contributed by atoms with Crippen LogP contribution < -0.4 is 5.32 Å². The number of rotatable bonds is 3. The molecule has 0 fully saturated rings. The average molecular weight is 240 g/mol. The number of nitrogens with zero attached hydrogens (tertiary/aromatic N) is 1. The number of aromatic nitrogens is 1. The highest BCUT2D eigenvalue weighted by Gasteiger charge is 2.06. The van der Waals surface area contributed by atoms with Gasteiger partial charge in [-0.2, -0.15) is 0 Å². The lowest BCUT2D eigenvalue weighted by Crippen LogP contribution is -2.12. The predicted molar refractivity (Wildman–Crippen MR) is 68.8 cm³/mol. The molecule has 0 aliphatic heterocycles. The van der Waals surface area contributed by atoms with Gasteiger partial charge >= 0.3 is 0 Å². The highest BCUT2D eigenvalue weighted by atomic mass is 16.1. The van der Waals surface area contributed by atoms with Crippen LogP contribution in [0.4, 0.5) is 5.69 Å². The van der Waals surface area contributed by atoms with Crippen LogP contribution in [0.3, 0.4) is 0 Å². The van der Waals surface area contributed by atoms with E-state index < -0.39 is 0 Å². The molecule has 1 amide bonds. The largest absolute Gasteiger partial charge is 0.322 e. The third kappa shape index (κ3) is 2.79. The second kappa shape index (κ2) is 5.23. The van der Waals surface area contributed by atoms with Crippen molar-refractivity contribution in [2.24, 2.45) is 0 Å². The van der Waals surface area contributed by atoms with Gasteiger partial charge in [0.05, 0.1) is 0 Å². The maximum atomic E-state index is 11.9. The Labute approximate surface area is 105 Å². The minimum atomic E-state index is -0.195. The zero-order valence-corrected chi connectivity index (χ0v) is 9.88. The zero-order chi connectivity index (χ0) is 13.0. The second-order valence-electron chi connectivity index (χ2n) is 3.88. The first-order valence-corrected chi connectivity index (χ1v) is 5.48. The van der Waals surface area contributed by atoms with Gasteiger partial charge in [0.15, 0.2) is 0 Å². The average Bonchev–Trinajstić information content (AvgIpc) is 2.39. The molecule has 0 spiro atoms. The van der Waals surface area contributed by atoms with E-state index in [1.54, 1.807) is 42.6 Å². The van der Waals surface area contributed by atoms with E-state index in [0.717, 1.165) is 12.0 Å². The summed E-state index contributed by atoms with van der Waals surface area (Å²) in [5, 5.41) is 2.75. The summed E-state index contributed by atoms with van der Waals surface area (Å²) in [6.45, 7) is 1.83. The minimum Gasteiger partial charge on any atom is -0.322 e. The molecular formula is C14H12N2O2. The van der Waals surface area contributed by atoms with Gasteiger partial charge in [-0.05, 0) is 43.3 Å². The zero-order valence-electron chi connectivity index (χ0n) is 9.88. The molecule has 2 aromatic rings. The number of pyridine rings is 1. The van der Waals surface area contributed by atoms with Crippen LogP contribution >= 0.6 is 0 Å². The Morgan fingerprint density at radius 1 is 1.22 bits per heavy atom. The van der Waals surface area contributed by atoms with Gasteiger partial charge in [-0.25, -0.2) is 0 Å². The van der Waals surface area contributed by atoms with Gasteiger partial charge in [0.25, 0.3) is 5.91 Å². The van der Waals surface area contributed by atoms with E-state index in [9.17, 15) is 9.59 Å². The van der Waals surface area contributed by atoms with E-state index >= 15 is 0 Å². The molecule has 2 rings (SSSR count). The first-order valence-electron chi connectivity index (χ1n) is 5.48. The molecule has 1 aromatic carbocycles. The Balaban J connectivity index is 2.13. The summed E-state index contributed by atoms with van der Waals surface area (Å²) >= 11 is 0. The van der Waals surface area contributed by atoms with Gasteiger partial charge in [0.2, 0.25) is 0 Å². The number of hydrogen-bond donors (Lipinski definition) is 1. The topological polar surface area (TPSA) is 59.1 Å². The number of anilines is 1. The smallest absolute Gasteiger partial charge is 0.255 e. The van der Waals surface area contributed by atoms with E-state index in [4.69, 9.17) is 0 Å². The van der Waals surface area contributed by atoms with E-state index in [2.05, 4.69) is 10.3 Å². The molecular weight excluding hydrogens is 228 g/mol. The van der Waals surface area contributed by atoms with Crippen molar-refractivity contribution >= 4 is 17.9 Å². The van der Waals surface area contributed by atoms with Gasteiger partial charge in [0.1, 0.15) is 6.29 Å². The Bertz CT molecular complexity index is 577. The normalized spacial score (nSPS) is 9.83.